The molecule has 0 bridgehead atoms. The molecule has 1 aromatic carbocycles. The summed E-state index contributed by atoms with van der Waals surface area (Å²) in [7, 11) is 0. The molecule has 0 radical (unpaired) electrons. The minimum Gasteiger partial charge on any atom is -0.349 e. The Morgan fingerprint density at radius 1 is 0.730 bits per heavy atom. The number of carbonyl (C=O) groups is 1. The van der Waals surface area contributed by atoms with E-state index < -0.39 is 0 Å². The van der Waals surface area contributed by atoms with Crippen LogP contribution >= 0.6 is 15.9 Å². The number of nitrogens with zero attached hydrogens (tertiary/aromatic N) is 2. The molecule has 208 valence electrons. The van der Waals surface area contributed by atoms with Crippen molar-refractivity contribution in [1.82, 2.24) is 15.1 Å². The number of nitrogens with one attached hydrogen (secondary N) is 1. The van der Waals surface area contributed by atoms with E-state index in [9.17, 15) is 4.79 Å². The van der Waals surface area contributed by atoms with E-state index in [4.69, 9.17) is 5.73 Å². The maximum Gasteiger partial charge on any atom is 0.251 e. The Morgan fingerprint density at radius 2 is 1.24 bits per heavy atom. The number of rotatable bonds is 6. The van der Waals surface area contributed by atoms with Gasteiger partial charge in [-0.1, -0.05) is 54.5 Å². The molecule has 1 amide bonds. The summed E-state index contributed by atoms with van der Waals surface area (Å²) in [5.74, 6) is 1.48. The van der Waals surface area contributed by atoms with Crippen LogP contribution in [0.4, 0.5) is 0 Å². The number of piperidine rings is 2. The highest BCUT2D eigenvalue weighted by Crippen LogP contribution is 2.27. The molecule has 4 fully saturated rings. The molecule has 3 N–H and O–H groups in total. The largest absolute Gasteiger partial charge is 0.349 e. The van der Waals surface area contributed by atoms with E-state index in [1.165, 1.54) is 116 Å². The number of nitrogens with two attached hydrogens (primary N) is 1. The molecule has 0 unspecified atom stereocenters. The van der Waals surface area contributed by atoms with Crippen molar-refractivity contribution in [3.05, 3.63) is 34.3 Å². The second-order valence-corrected chi connectivity index (χ2v) is 13.0. The van der Waals surface area contributed by atoms with Gasteiger partial charge in [0.1, 0.15) is 0 Å². The van der Waals surface area contributed by atoms with Crippen molar-refractivity contribution in [1.29, 1.82) is 0 Å². The quantitative estimate of drug-likeness (QED) is 0.423. The molecular weight excluding hydrogens is 524 g/mol. The number of amides is 1. The number of halogens is 1. The van der Waals surface area contributed by atoms with Gasteiger partial charge in [-0.2, -0.15) is 0 Å². The summed E-state index contributed by atoms with van der Waals surface area (Å²) in [6.07, 6.45) is 18.6. The Kier molecular flexibility index (Phi) is 12.2. The van der Waals surface area contributed by atoms with Gasteiger partial charge in [0, 0.05) is 35.2 Å². The SMILES string of the molecule is N[C@@H]1CCCC[C@H]1CN1CCCCC1.O=C(N[C@@H]1CCCC[C@H]1CN1CCCCC1)c1ccc(Br)cc1. The van der Waals surface area contributed by atoms with Crippen LogP contribution in [-0.2, 0) is 0 Å². The van der Waals surface area contributed by atoms with E-state index in [-0.39, 0.29) is 5.91 Å². The van der Waals surface area contributed by atoms with Crippen LogP contribution in [0.1, 0.15) is 100 Å². The Labute approximate surface area is 234 Å². The Balaban J connectivity index is 0.000000195. The molecule has 5 nitrogen and oxygen atoms in total. The number of hydrogen-bond donors (Lipinski definition) is 2. The highest BCUT2D eigenvalue weighted by molar-refractivity contribution is 9.10. The summed E-state index contributed by atoms with van der Waals surface area (Å²) in [6, 6.07) is 8.47. The minimum atomic E-state index is 0.0769. The van der Waals surface area contributed by atoms with E-state index in [1.807, 2.05) is 24.3 Å². The van der Waals surface area contributed by atoms with Crippen LogP contribution in [0.2, 0.25) is 0 Å². The normalized spacial score (nSPS) is 29.7. The first-order chi connectivity index (χ1) is 18.1. The van der Waals surface area contributed by atoms with Gasteiger partial charge in [0.05, 0.1) is 0 Å². The molecule has 4 aliphatic rings. The van der Waals surface area contributed by atoms with Gasteiger partial charge in [-0.15, -0.1) is 0 Å². The van der Waals surface area contributed by atoms with E-state index in [2.05, 4.69) is 31.0 Å². The van der Waals surface area contributed by atoms with Crippen molar-refractivity contribution >= 4 is 21.8 Å². The Morgan fingerprint density at radius 3 is 1.84 bits per heavy atom. The molecule has 2 aliphatic heterocycles. The molecule has 1 aromatic rings. The van der Waals surface area contributed by atoms with Crippen LogP contribution in [0.15, 0.2) is 28.7 Å². The molecule has 2 saturated heterocycles. The summed E-state index contributed by atoms with van der Waals surface area (Å²) < 4.78 is 1.01. The number of likely N-dealkylation sites (tertiary alicyclic amines) is 2. The zero-order valence-electron chi connectivity index (χ0n) is 23.0. The fourth-order valence-electron chi connectivity index (χ4n) is 6.88. The zero-order valence-corrected chi connectivity index (χ0v) is 24.6. The summed E-state index contributed by atoms with van der Waals surface area (Å²) in [4.78, 5) is 17.8. The molecule has 37 heavy (non-hydrogen) atoms. The smallest absolute Gasteiger partial charge is 0.251 e. The van der Waals surface area contributed by atoms with Crippen molar-refractivity contribution in [3.8, 4) is 0 Å². The van der Waals surface area contributed by atoms with Gasteiger partial charge in [0.2, 0.25) is 0 Å². The Bertz CT molecular complexity index is 791. The van der Waals surface area contributed by atoms with Gasteiger partial charge < -0.3 is 20.9 Å². The van der Waals surface area contributed by atoms with Gasteiger partial charge in [0.15, 0.2) is 0 Å². The summed E-state index contributed by atoms with van der Waals surface area (Å²) in [5.41, 5.74) is 6.93. The van der Waals surface area contributed by atoms with E-state index in [0.29, 0.717) is 18.0 Å². The summed E-state index contributed by atoms with van der Waals surface area (Å²) in [6.45, 7) is 7.56. The van der Waals surface area contributed by atoms with Crippen LogP contribution in [0.25, 0.3) is 0 Å². The van der Waals surface area contributed by atoms with Crippen LogP contribution in [0.3, 0.4) is 0 Å². The maximum atomic E-state index is 12.5. The average Bonchev–Trinajstić information content (AvgIpc) is 2.93. The molecule has 4 atom stereocenters. The van der Waals surface area contributed by atoms with Crippen molar-refractivity contribution in [2.24, 2.45) is 17.6 Å². The third-order valence-electron chi connectivity index (χ3n) is 9.18. The van der Waals surface area contributed by atoms with E-state index >= 15 is 0 Å². The molecule has 6 heteroatoms. The number of hydrogen-bond acceptors (Lipinski definition) is 4. The van der Waals surface area contributed by atoms with Crippen LogP contribution in [0.5, 0.6) is 0 Å². The van der Waals surface area contributed by atoms with Crippen LogP contribution in [0, 0.1) is 11.8 Å². The molecule has 0 spiro atoms. The van der Waals surface area contributed by atoms with Crippen molar-refractivity contribution in [2.75, 3.05) is 39.3 Å². The van der Waals surface area contributed by atoms with E-state index in [1.54, 1.807) is 0 Å². The second kappa shape index (κ2) is 15.6. The Hall–Kier alpha value is -0.950. The topological polar surface area (TPSA) is 61.6 Å². The number of benzene rings is 1. The standard InChI is InChI=1S/C19H27BrN2O.C12H24N2/c20-17-10-8-15(9-11-17)19(23)21-18-7-3-2-6-16(18)14-22-12-4-1-5-13-22;13-12-7-3-2-6-11(12)10-14-8-4-1-5-9-14/h8-11,16,18H,1-7,12-14H2,(H,21,23);11-12H,1-10,13H2/t16-,18+;11-,12+/m00/s1. The lowest BCUT2D eigenvalue weighted by atomic mass is 9.83. The fraction of sp³-hybridized carbons (Fsp3) is 0.774. The van der Waals surface area contributed by atoms with Gasteiger partial charge >= 0.3 is 0 Å². The second-order valence-electron chi connectivity index (χ2n) is 12.1. The lowest BCUT2D eigenvalue weighted by Crippen LogP contribution is -2.47. The molecular formula is C31H51BrN4O. The summed E-state index contributed by atoms with van der Waals surface area (Å²) >= 11 is 3.42. The highest BCUT2D eigenvalue weighted by Gasteiger charge is 2.29. The van der Waals surface area contributed by atoms with Crippen molar-refractivity contribution in [3.63, 3.8) is 0 Å². The van der Waals surface area contributed by atoms with Crippen LogP contribution < -0.4 is 11.1 Å². The maximum absolute atomic E-state index is 12.5. The predicted molar refractivity (Wildman–Crippen MR) is 158 cm³/mol. The summed E-state index contributed by atoms with van der Waals surface area (Å²) in [5, 5.41) is 3.31. The molecule has 0 aromatic heterocycles. The monoisotopic (exact) mass is 574 g/mol. The zero-order chi connectivity index (χ0) is 25.9. The fourth-order valence-corrected chi connectivity index (χ4v) is 7.14. The molecule has 2 heterocycles. The predicted octanol–water partition coefficient (Wildman–Crippen LogP) is 6.21. The van der Waals surface area contributed by atoms with Gasteiger partial charge in [-0.3, -0.25) is 4.79 Å². The third-order valence-corrected chi connectivity index (χ3v) is 9.71. The number of carbonyl (C=O) groups excluding carboxylic acids is 1. The lowest BCUT2D eigenvalue weighted by Gasteiger charge is -2.37. The molecule has 2 saturated carbocycles. The van der Waals surface area contributed by atoms with Crippen molar-refractivity contribution < 1.29 is 4.79 Å². The highest BCUT2D eigenvalue weighted by atomic mass is 79.9. The van der Waals surface area contributed by atoms with Gasteiger partial charge in [-0.05, 0) is 114 Å². The lowest BCUT2D eigenvalue weighted by molar-refractivity contribution is 0.0877. The first-order valence-corrected chi connectivity index (χ1v) is 16.1. The van der Waals surface area contributed by atoms with Crippen molar-refractivity contribution in [2.45, 2.75) is 102 Å². The average molecular weight is 576 g/mol. The molecule has 2 aliphatic carbocycles. The third kappa shape index (κ3) is 9.63. The van der Waals surface area contributed by atoms with E-state index in [0.717, 1.165) is 28.9 Å². The first kappa shape index (κ1) is 29.0. The minimum absolute atomic E-state index is 0.0769. The first-order valence-electron chi connectivity index (χ1n) is 15.4. The molecule has 5 rings (SSSR count). The van der Waals surface area contributed by atoms with Crippen LogP contribution in [-0.4, -0.2) is 67.1 Å². The van der Waals surface area contributed by atoms with Gasteiger partial charge in [0.25, 0.3) is 5.91 Å². The van der Waals surface area contributed by atoms with Gasteiger partial charge in [-0.25, -0.2) is 0 Å².